The number of benzene rings is 1. The van der Waals surface area contributed by atoms with E-state index < -0.39 is 0 Å². The quantitative estimate of drug-likeness (QED) is 0.717. The van der Waals surface area contributed by atoms with Crippen LogP contribution >= 0.6 is 0 Å². The van der Waals surface area contributed by atoms with Crippen molar-refractivity contribution in [3.63, 3.8) is 0 Å². The second-order valence-corrected chi connectivity index (χ2v) is 4.61. The molecule has 4 nitrogen and oxygen atoms in total. The SMILES string of the molecule is CCOc1ccc(/C=C/C(=O)NC(C)CCCO)cc1. The van der Waals surface area contributed by atoms with Crippen LogP contribution in [-0.2, 0) is 4.79 Å². The minimum absolute atomic E-state index is 0.0691. The first-order valence-electron chi connectivity index (χ1n) is 6.98. The lowest BCUT2D eigenvalue weighted by molar-refractivity contribution is -0.117. The molecule has 0 radical (unpaired) electrons. The van der Waals surface area contributed by atoms with E-state index in [1.807, 2.05) is 38.1 Å². The van der Waals surface area contributed by atoms with Gasteiger partial charge in [-0.1, -0.05) is 12.1 Å². The van der Waals surface area contributed by atoms with Crippen molar-refractivity contribution < 1.29 is 14.6 Å². The molecule has 1 aromatic rings. The van der Waals surface area contributed by atoms with E-state index in [9.17, 15) is 4.79 Å². The Labute approximate surface area is 120 Å². The third kappa shape index (κ3) is 6.38. The average Bonchev–Trinajstić information content (AvgIpc) is 2.45. The van der Waals surface area contributed by atoms with Crippen molar-refractivity contribution in [2.24, 2.45) is 0 Å². The molecule has 2 N–H and O–H groups in total. The fraction of sp³-hybridized carbons (Fsp3) is 0.438. The molecule has 1 unspecified atom stereocenters. The Bertz CT molecular complexity index is 426. The van der Waals surface area contributed by atoms with E-state index in [4.69, 9.17) is 9.84 Å². The number of ether oxygens (including phenoxy) is 1. The fourth-order valence-corrected chi connectivity index (χ4v) is 1.77. The highest BCUT2D eigenvalue weighted by Crippen LogP contribution is 2.12. The highest BCUT2D eigenvalue weighted by molar-refractivity contribution is 5.91. The Hall–Kier alpha value is -1.81. The van der Waals surface area contributed by atoms with Crippen LogP contribution in [0.15, 0.2) is 30.3 Å². The Balaban J connectivity index is 2.44. The summed E-state index contributed by atoms with van der Waals surface area (Å²) >= 11 is 0. The normalized spacial score (nSPS) is 12.3. The van der Waals surface area contributed by atoms with Gasteiger partial charge >= 0.3 is 0 Å². The molecule has 1 atom stereocenters. The second kappa shape index (κ2) is 9.15. The molecule has 1 amide bonds. The van der Waals surface area contributed by atoms with Crippen molar-refractivity contribution in [1.29, 1.82) is 0 Å². The number of carbonyl (C=O) groups excluding carboxylic acids is 1. The van der Waals surface area contributed by atoms with Crippen LogP contribution in [0.2, 0.25) is 0 Å². The summed E-state index contributed by atoms with van der Waals surface area (Å²) in [6, 6.07) is 7.64. The number of aliphatic hydroxyl groups is 1. The monoisotopic (exact) mass is 277 g/mol. The lowest BCUT2D eigenvalue weighted by Crippen LogP contribution is -2.31. The molecule has 0 saturated heterocycles. The Morgan fingerprint density at radius 3 is 2.70 bits per heavy atom. The zero-order valence-corrected chi connectivity index (χ0v) is 12.1. The van der Waals surface area contributed by atoms with E-state index >= 15 is 0 Å². The molecule has 0 spiro atoms. The molecule has 1 aromatic carbocycles. The molecule has 0 aromatic heterocycles. The highest BCUT2D eigenvalue weighted by atomic mass is 16.5. The maximum atomic E-state index is 11.7. The number of hydrogen-bond donors (Lipinski definition) is 2. The van der Waals surface area contributed by atoms with E-state index in [-0.39, 0.29) is 18.6 Å². The number of nitrogens with one attached hydrogen (secondary N) is 1. The molecule has 0 aliphatic carbocycles. The standard InChI is InChI=1S/C16H23NO3/c1-3-20-15-9-6-14(7-10-15)8-11-16(19)17-13(2)5-4-12-18/h6-11,13,18H,3-5,12H2,1-2H3,(H,17,19)/b11-8+. The van der Waals surface area contributed by atoms with Crippen molar-refractivity contribution in [2.45, 2.75) is 32.7 Å². The third-order valence-corrected chi connectivity index (χ3v) is 2.80. The topological polar surface area (TPSA) is 58.6 Å². The maximum Gasteiger partial charge on any atom is 0.244 e. The minimum Gasteiger partial charge on any atom is -0.494 e. The first-order valence-corrected chi connectivity index (χ1v) is 6.98. The van der Waals surface area contributed by atoms with Gasteiger partial charge < -0.3 is 15.2 Å². The van der Waals surface area contributed by atoms with Crippen LogP contribution in [-0.4, -0.2) is 30.3 Å². The fourth-order valence-electron chi connectivity index (χ4n) is 1.77. The first kappa shape index (κ1) is 16.2. The van der Waals surface area contributed by atoms with Gasteiger partial charge in [0.1, 0.15) is 5.75 Å². The van der Waals surface area contributed by atoms with Crippen molar-refractivity contribution in [2.75, 3.05) is 13.2 Å². The van der Waals surface area contributed by atoms with Gasteiger partial charge in [-0.2, -0.15) is 0 Å². The average molecular weight is 277 g/mol. The van der Waals surface area contributed by atoms with E-state index in [2.05, 4.69) is 5.32 Å². The molecule has 0 aliphatic heterocycles. The van der Waals surface area contributed by atoms with Crippen LogP contribution in [0.1, 0.15) is 32.3 Å². The smallest absolute Gasteiger partial charge is 0.244 e. The molecule has 0 aliphatic rings. The second-order valence-electron chi connectivity index (χ2n) is 4.61. The number of aliphatic hydroxyl groups excluding tert-OH is 1. The largest absolute Gasteiger partial charge is 0.494 e. The Morgan fingerprint density at radius 1 is 1.40 bits per heavy atom. The number of rotatable bonds is 8. The molecular formula is C16H23NO3. The van der Waals surface area contributed by atoms with Crippen molar-refractivity contribution in [1.82, 2.24) is 5.32 Å². The molecular weight excluding hydrogens is 254 g/mol. The van der Waals surface area contributed by atoms with Crippen LogP contribution in [0.3, 0.4) is 0 Å². The van der Waals surface area contributed by atoms with Gasteiger partial charge in [0.25, 0.3) is 0 Å². The summed E-state index contributed by atoms with van der Waals surface area (Å²) in [5, 5.41) is 11.6. The van der Waals surface area contributed by atoms with Crippen LogP contribution < -0.4 is 10.1 Å². The van der Waals surface area contributed by atoms with Crippen LogP contribution in [0.25, 0.3) is 6.08 Å². The van der Waals surface area contributed by atoms with Crippen molar-refractivity contribution in [3.05, 3.63) is 35.9 Å². The highest BCUT2D eigenvalue weighted by Gasteiger charge is 2.03. The van der Waals surface area contributed by atoms with Crippen molar-refractivity contribution >= 4 is 12.0 Å². The molecule has 4 heteroatoms. The summed E-state index contributed by atoms with van der Waals surface area (Å²) < 4.78 is 5.35. The number of carbonyl (C=O) groups is 1. The predicted molar refractivity (Wildman–Crippen MR) is 80.6 cm³/mol. The van der Waals surface area contributed by atoms with Crippen LogP contribution in [0.4, 0.5) is 0 Å². The van der Waals surface area contributed by atoms with Gasteiger partial charge in [0, 0.05) is 18.7 Å². The van der Waals surface area contributed by atoms with Gasteiger partial charge in [-0.05, 0) is 50.5 Å². The lowest BCUT2D eigenvalue weighted by Gasteiger charge is -2.11. The van der Waals surface area contributed by atoms with Gasteiger partial charge in [0.2, 0.25) is 5.91 Å². The van der Waals surface area contributed by atoms with Crippen LogP contribution in [0.5, 0.6) is 5.75 Å². The Kier molecular flexibility index (Phi) is 7.43. The summed E-state index contributed by atoms with van der Waals surface area (Å²) in [4.78, 5) is 11.7. The van der Waals surface area contributed by atoms with Gasteiger partial charge in [0.15, 0.2) is 0 Å². The summed E-state index contributed by atoms with van der Waals surface area (Å²) in [6.07, 6.45) is 4.76. The Morgan fingerprint density at radius 2 is 2.10 bits per heavy atom. The summed E-state index contributed by atoms with van der Waals surface area (Å²) in [6.45, 7) is 4.67. The summed E-state index contributed by atoms with van der Waals surface area (Å²) in [5.74, 6) is 0.705. The molecule has 20 heavy (non-hydrogen) atoms. The third-order valence-electron chi connectivity index (χ3n) is 2.80. The zero-order chi connectivity index (χ0) is 14.8. The number of hydrogen-bond acceptors (Lipinski definition) is 3. The van der Waals surface area contributed by atoms with Crippen LogP contribution in [0, 0.1) is 0 Å². The van der Waals surface area contributed by atoms with E-state index in [1.54, 1.807) is 6.08 Å². The molecule has 0 heterocycles. The lowest BCUT2D eigenvalue weighted by atomic mass is 10.2. The molecule has 110 valence electrons. The predicted octanol–water partition coefficient (Wildman–Crippen LogP) is 2.38. The molecule has 0 bridgehead atoms. The minimum atomic E-state index is -0.121. The van der Waals surface area contributed by atoms with E-state index in [0.717, 1.165) is 17.7 Å². The molecule has 0 saturated carbocycles. The summed E-state index contributed by atoms with van der Waals surface area (Å²) in [7, 11) is 0. The van der Waals surface area contributed by atoms with Gasteiger partial charge in [-0.25, -0.2) is 0 Å². The molecule has 1 rings (SSSR count). The van der Waals surface area contributed by atoms with E-state index in [0.29, 0.717) is 13.0 Å². The van der Waals surface area contributed by atoms with Gasteiger partial charge in [0.05, 0.1) is 6.61 Å². The molecule has 0 fully saturated rings. The van der Waals surface area contributed by atoms with E-state index in [1.165, 1.54) is 6.08 Å². The van der Waals surface area contributed by atoms with Gasteiger partial charge in [-0.3, -0.25) is 4.79 Å². The first-order chi connectivity index (χ1) is 9.65. The summed E-state index contributed by atoms with van der Waals surface area (Å²) in [5.41, 5.74) is 0.951. The number of amides is 1. The van der Waals surface area contributed by atoms with Crippen molar-refractivity contribution in [3.8, 4) is 5.75 Å². The van der Waals surface area contributed by atoms with Gasteiger partial charge in [-0.15, -0.1) is 0 Å². The zero-order valence-electron chi connectivity index (χ0n) is 12.1. The maximum absolute atomic E-state index is 11.7.